The summed E-state index contributed by atoms with van der Waals surface area (Å²) in [5, 5.41) is 10.8. The number of nitrogens with zero attached hydrogens (tertiary/aromatic N) is 1. The molecule has 0 aliphatic heterocycles. The van der Waals surface area contributed by atoms with E-state index < -0.39 is 16.8 Å². The molecule has 1 unspecified atom stereocenters. The lowest BCUT2D eigenvalue weighted by atomic mass is 10.2. The smallest absolute Gasteiger partial charge is 0.311 e. The van der Waals surface area contributed by atoms with Gasteiger partial charge >= 0.3 is 11.7 Å². The van der Waals surface area contributed by atoms with Crippen LogP contribution in [0, 0.1) is 23.0 Å². The van der Waals surface area contributed by atoms with Crippen molar-refractivity contribution >= 4 is 11.7 Å². The second-order valence-electron chi connectivity index (χ2n) is 3.96. The van der Waals surface area contributed by atoms with Gasteiger partial charge in [-0.05, 0) is 25.5 Å². The molecule has 1 aromatic rings. The Kier molecular flexibility index (Phi) is 4.65. The Bertz CT molecular complexity index is 458. The van der Waals surface area contributed by atoms with Gasteiger partial charge in [-0.2, -0.15) is 0 Å². The van der Waals surface area contributed by atoms with Crippen molar-refractivity contribution in [2.24, 2.45) is 5.92 Å². The molecule has 1 aromatic carbocycles. The standard InChI is InChI=1S/C12H15NO5/c1-8-4-5-10(13(15)16)11(6-8)18-7-9(2)12(14)17-3/h4-6,9H,7H2,1-3H3. The van der Waals surface area contributed by atoms with Crippen molar-refractivity contribution in [3.63, 3.8) is 0 Å². The number of carbonyl (C=O) groups is 1. The van der Waals surface area contributed by atoms with Crippen molar-refractivity contribution in [2.75, 3.05) is 13.7 Å². The molecule has 0 amide bonds. The number of nitro benzene ring substituents is 1. The van der Waals surface area contributed by atoms with Gasteiger partial charge in [0.25, 0.3) is 0 Å². The van der Waals surface area contributed by atoms with Crippen LogP contribution in [0.1, 0.15) is 12.5 Å². The summed E-state index contributed by atoms with van der Waals surface area (Å²) in [7, 11) is 1.29. The second kappa shape index (κ2) is 6.00. The molecule has 6 heteroatoms. The third kappa shape index (κ3) is 3.44. The lowest BCUT2D eigenvalue weighted by molar-refractivity contribution is -0.385. The van der Waals surface area contributed by atoms with Gasteiger partial charge in [-0.1, -0.05) is 6.07 Å². The molecule has 0 N–H and O–H groups in total. The molecular formula is C12H15NO5. The number of hydrogen-bond donors (Lipinski definition) is 0. The van der Waals surface area contributed by atoms with Crippen molar-refractivity contribution in [3.8, 4) is 5.75 Å². The average Bonchev–Trinajstić information content (AvgIpc) is 2.34. The van der Waals surface area contributed by atoms with E-state index in [1.807, 2.05) is 0 Å². The molecule has 0 saturated heterocycles. The van der Waals surface area contributed by atoms with Crippen molar-refractivity contribution in [1.82, 2.24) is 0 Å². The van der Waals surface area contributed by atoms with Gasteiger partial charge in [0.05, 0.1) is 18.0 Å². The summed E-state index contributed by atoms with van der Waals surface area (Å²) in [4.78, 5) is 21.5. The molecule has 0 fully saturated rings. The normalized spacial score (nSPS) is 11.7. The van der Waals surface area contributed by atoms with Gasteiger partial charge in [0, 0.05) is 6.07 Å². The van der Waals surface area contributed by atoms with Gasteiger partial charge < -0.3 is 9.47 Å². The molecule has 0 aromatic heterocycles. The first-order valence-electron chi connectivity index (χ1n) is 5.41. The fourth-order valence-electron chi connectivity index (χ4n) is 1.37. The van der Waals surface area contributed by atoms with Crippen LogP contribution in [-0.2, 0) is 9.53 Å². The minimum Gasteiger partial charge on any atom is -0.486 e. The highest BCUT2D eigenvalue weighted by Crippen LogP contribution is 2.28. The summed E-state index contributed by atoms with van der Waals surface area (Å²) in [6, 6.07) is 4.59. The first-order chi connectivity index (χ1) is 8.45. The highest BCUT2D eigenvalue weighted by molar-refractivity contribution is 5.72. The first kappa shape index (κ1) is 14.0. The van der Waals surface area contributed by atoms with Crippen molar-refractivity contribution in [3.05, 3.63) is 33.9 Å². The Hall–Kier alpha value is -2.11. The Morgan fingerprint density at radius 1 is 1.50 bits per heavy atom. The fourth-order valence-corrected chi connectivity index (χ4v) is 1.37. The molecule has 0 saturated carbocycles. The predicted molar refractivity (Wildman–Crippen MR) is 64.5 cm³/mol. The van der Waals surface area contributed by atoms with Crippen LogP contribution in [0.2, 0.25) is 0 Å². The molecule has 0 aliphatic rings. The summed E-state index contributed by atoms with van der Waals surface area (Å²) < 4.78 is 9.87. The van der Waals surface area contributed by atoms with E-state index in [2.05, 4.69) is 4.74 Å². The first-order valence-corrected chi connectivity index (χ1v) is 5.41. The third-order valence-corrected chi connectivity index (χ3v) is 2.40. The van der Waals surface area contributed by atoms with Gasteiger partial charge in [-0.15, -0.1) is 0 Å². The van der Waals surface area contributed by atoms with Crippen LogP contribution in [-0.4, -0.2) is 24.6 Å². The Labute approximate surface area is 105 Å². The summed E-state index contributed by atoms with van der Waals surface area (Å²) in [6.45, 7) is 3.48. The minimum absolute atomic E-state index is 0.0387. The van der Waals surface area contributed by atoms with E-state index in [0.29, 0.717) is 0 Å². The molecule has 0 aliphatic carbocycles. The molecule has 1 rings (SSSR count). The lowest BCUT2D eigenvalue weighted by Crippen LogP contribution is -2.20. The van der Waals surface area contributed by atoms with E-state index in [1.54, 1.807) is 26.0 Å². The van der Waals surface area contributed by atoms with Gasteiger partial charge in [-0.3, -0.25) is 14.9 Å². The quantitative estimate of drug-likeness (QED) is 0.456. The van der Waals surface area contributed by atoms with Crippen LogP contribution >= 0.6 is 0 Å². The van der Waals surface area contributed by atoms with Crippen LogP contribution in [0.3, 0.4) is 0 Å². The number of carbonyl (C=O) groups excluding carboxylic acids is 1. The number of methoxy groups -OCH3 is 1. The molecule has 98 valence electrons. The van der Waals surface area contributed by atoms with Gasteiger partial charge in [-0.25, -0.2) is 0 Å². The molecule has 0 heterocycles. The highest BCUT2D eigenvalue weighted by Gasteiger charge is 2.18. The van der Waals surface area contributed by atoms with Crippen molar-refractivity contribution < 1.29 is 19.2 Å². The van der Waals surface area contributed by atoms with E-state index in [4.69, 9.17) is 4.74 Å². The number of ether oxygens (including phenoxy) is 2. The Balaban J connectivity index is 2.80. The second-order valence-corrected chi connectivity index (χ2v) is 3.96. The lowest BCUT2D eigenvalue weighted by Gasteiger charge is -2.11. The Morgan fingerprint density at radius 2 is 2.17 bits per heavy atom. The molecule has 0 bridgehead atoms. The predicted octanol–water partition coefficient (Wildman–Crippen LogP) is 2.09. The van der Waals surface area contributed by atoms with Crippen molar-refractivity contribution in [2.45, 2.75) is 13.8 Å². The van der Waals surface area contributed by atoms with E-state index >= 15 is 0 Å². The number of nitro groups is 1. The van der Waals surface area contributed by atoms with Gasteiger partial charge in [0.2, 0.25) is 0 Å². The molecule has 6 nitrogen and oxygen atoms in total. The van der Waals surface area contributed by atoms with Crippen LogP contribution in [0.5, 0.6) is 5.75 Å². The van der Waals surface area contributed by atoms with Gasteiger partial charge in [0.15, 0.2) is 5.75 Å². The fraction of sp³-hybridized carbons (Fsp3) is 0.417. The van der Waals surface area contributed by atoms with Crippen LogP contribution in [0.15, 0.2) is 18.2 Å². The van der Waals surface area contributed by atoms with E-state index in [1.165, 1.54) is 13.2 Å². The number of benzene rings is 1. The maximum atomic E-state index is 11.2. The van der Waals surface area contributed by atoms with Crippen LogP contribution < -0.4 is 4.74 Å². The SMILES string of the molecule is COC(=O)C(C)COc1cc(C)ccc1[N+](=O)[O-]. The number of rotatable bonds is 5. The van der Waals surface area contributed by atoms with E-state index in [9.17, 15) is 14.9 Å². The largest absolute Gasteiger partial charge is 0.486 e. The highest BCUT2D eigenvalue weighted by atomic mass is 16.6. The third-order valence-electron chi connectivity index (χ3n) is 2.40. The molecule has 18 heavy (non-hydrogen) atoms. The topological polar surface area (TPSA) is 78.7 Å². The summed E-state index contributed by atoms with van der Waals surface area (Å²) in [5.74, 6) is -0.726. The Morgan fingerprint density at radius 3 is 2.72 bits per heavy atom. The molecular weight excluding hydrogens is 238 g/mol. The van der Waals surface area contributed by atoms with E-state index in [0.717, 1.165) is 5.56 Å². The zero-order valence-electron chi connectivity index (χ0n) is 10.5. The maximum Gasteiger partial charge on any atom is 0.311 e. The zero-order chi connectivity index (χ0) is 13.7. The van der Waals surface area contributed by atoms with Crippen LogP contribution in [0.25, 0.3) is 0 Å². The van der Waals surface area contributed by atoms with Gasteiger partial charge in [0.1, 0.15) is 6.61 Å². The van der Waals surface area contributed by atoms with E-state index in [-0.39, 0.29) is 18.0 Å². The number of esters is 1. The summed E-state index contributed by atoms with van der Waals surface area (Å²) in [6.07, 6.45) is 0. The minimum atomic E-state index is -0.516. The zero-order valence-corrected chi connectivity index (χ0v) is 10.5. The maximum absolute atomic E-state index is 11.2. The molecule has 0 radical (unpaired) electrons. The number of hydrogen-bond acceptors (Lipinski definition) is 5. The van der Waals surface area contributed by atoms with Crippen LogP contribution in [0.4, 0.5) is 5.69 Å². The number of aryl methyl sites for hydroxylation is 1. The molecule has 1 atom stereocenters. The summed E-state index contributed by atoms with van der Waals surface area (Å²) >= 11 is 0. The average molecular weight is 253 g/mol. The molecule has 0 spiro atoms. The summed E-state index contributed by atoms with van der Waals surface area (Å²) in [5.41, 5.74) is 0.735. The van der Waals surface area contributed by atoms with Crippen molar-refractivity contribution in [1.29, 1.82) is 0 Å². The monoisotopic (exact) mass is 253 g/mol.